The zero-order valence-corrected chi connectivity index (χ0v) is 15.5. The van der Waals surface area contributed by atoms with Gasteiger partial charge in [-0.2, -0.15) is 0 Å². The smallest absolute Gasteiger partial charge is 0.223 e. The van der Waals surface area contributed by atoms with Crippen LogP contribution in [0.15, 0.2) is 30.3 Å². The Morgan fingerprint density at radius 3 is 2.60 bits per heavy atom. The minimum absolute atomic E-state index is 0.0412. The topological polar surface area (TPSA) is 66.9 Å². The zero-order valence-electron chi connectivity index (χ0n) is 14.6. The predicted molar refractivity (Wildman–Crippen MR) is 96.4 cm³/mol. The first-order valence-electron chi connectivity index (χ1n) is 8.92. The molecule has 0 saturated carbocycles. The monoisotopic (exact) mass is 366 g/mol. The van der Waals surface area contributed by atoms with Gasteiger partial charge in [0.15, 0.2) is 9.84 Å². The first-order valence-corrected chi connectivity index (χ1v) is 10.7. The summed E-state index contributed by atoms with van der Waals surface area (Å²) in [6.07, 6.45) is 1.02. The van der Waals surface area contributed by atoms with Gasteiger partial charge in [-0.1, -0.05) is 25.1 Å². The Balaban J connectivity index is 1.53. The molecule has 0 N–H and O–H groups in total. The Kier molecular flexibility index (Phi) is 5.64. The fourth-order valence-corrected chi connectivity index (χ4v) is 5.81. The van der Waals surface area contributed by atoms with Crippen LogP contribution in [0.2, 0.25) is 0 Å². The number of sulfone groups is 1. The molecule has 0 unspecified atom stereocenters. The highest BCUT2D eigenvalue weighted by Crippen LogP contribution is 2.27. The largest absolute Gasteiger partial charge is 0.494 e. The highest BCUT2D eigenvalue weighted by atomic mass is 32.2. The second-order valence-corrected chi connectivity index (χ2v) is 8.85. The molecule has 7 heteroatoms. The molecule has 2 fully saturated rings. The minimum atomic E-state index is -3.06. The highest BCUT2D eigenvalue weighted by Gasteiger charge is 2.47. The van der Waals surface area contributed by atoms with Crippen molar-refractivity contribution in [3.05, 3.63) is 30.3 Å². The second-order valence-electron chi connectivity index (χ2n) is 6.69. The van der Waals surface area contributed by atoms with E-state index in [2.05, 4.69) is 4.90 Å². The van der Waals surface area contributed by atoms with Gasteiger partial charge in [-0.3, -0.25) is 9.69 Å². The van der Waals surface area contributed by atoms with Crippen molar-refractivity contribution in [1.82, 2.24) is 9.80 Å². The van der Waals surface area contributed by atoms with Crippen molar-refractivity contribution in [2.75, 3.05) is 37.7 Å². The molecular formula is C18H26N2O4S. The maximum absolute atomic E-state index is 12.6. The molecule has 2 aliphatic heterocycles. The standard InChI is InChI=1S/C18H26N2O4S/c1-2-19-10-11-20(17-14-25(22,23)13-16(17)19)18(21)9-6-12-24-15-7-4-3-5-8-15/h3-5,7-8,16-17H,2,6,9-14H2,1H3/t16-,17+/m0/s1. The average molecular weight is 366 g/mol. The number of carbonyl (C=O) groups is 1. The molecule has 2 saturated heterocycles. The van der Waals surface area contributed by atoms with Crippen molar-refractivity contribution in [3.8, 4) is 5.75 Å². The van der Waals surface area contributed by atoms with Crippen LogP contribution in [0.4, 0.5) is 0 Å². The van der Waals surface area contributed by atoms with Crippen LogP contribution < -0.4 is 4.74 Å². The number of nitrogens with zero attached hydrogens (tertiary/aromatic N) is 2. The summed E-state index contributed by atoms with van der Waals surface area (Å²) in [7, 11) is -3.06. The summed E-state index contributed by atoms with van der Waals surface area (Å²) in [5, 5.41) is 0. The van der Waals surface area contributed by atoms with Crippen molar-refractivity contribution in [3.63, 3.8) is 0 Å². The molecule has 1 amide bonds. The average Bonchev–Trinajstić information content (AvgIpc) is 2.93. The normalized spacial score (nSPS) is 25.6. The molecule has 1 aromatic carbocycles. The lowest BCUT2D eigenvalue weighted by Gasteiger charge is -2.43. The van der Waals surface area contributed by atoms with E-state index < -0.39 is 9.84 Å². The third kappa shape index (κ3) is 4.33. The molecule has 2 heterocycles. The van der Waals surface area contributed by atoms with Gasteiger partial charge in [0, 0.05) is 25.6 Å². The maximum Gasteiger partial charge on any atom is 0.223 e. The molecule has 6 nitrogen and oxygen atoms in total. The number of fused-ring (bicyclic) bond motifs is 1. The molecule has 1 aromatic rings. The second kappa shape index (κ2) is 7.74. The lowest BCUT2D eigenvalue weighted by molar-refractivity contribution is -0.137. The number of benzene rings is 1. The van der Waals surface area contributed by atoms with E-state index in [1.165, 1.54) is 0 Å². The van der Waals surface area contributed by atoms with Gasteiger partial charge in [-0.25, -0.2) is 8.42 Å². The van der Waals surface area contributed by atoms with Crippen molar-refractivity contribution < 1.29 is 17.9 Å². The van der Waals surface area contributed by atoms with Gasteiger partial charge in [0.2, 0.25) is 5.91 Å². The third-order valence-electron chi connectivity index (χ3n) is 5.06. The molecule has 138 valence electrons. The van der Waals surface area contributed by atoms with E-state index in [0.29, 0.717) is 26.0 Å². The van der Waals surface area contributed by atoms with Crippen LogP contribution in [0.3, 0.4) is 0 Å². The first kappa shape index (κ1) is 18.2. The molecular weight excluding hydrogens is 340 g/mol. The highest BCUT2D eigenvalue weighted by molar-refractivity contribution is 7.91. The van der Waals surface area contributed by atoms with Crippen molar-refractivity contribution >= 4 is 15.7 Å². The summed E-state index contributed by atoms with van der Waals surface area (Å²) in [5.74, 6) is 1.11. The predicted octanol–water partition coefficient (Wildman–Crippen LogP) is 1.18. The lowest BCUT2D eigenvalue weighted by atomic mass is 10.0. The fraction of sp³-hybridized carbons (Fsp3) is 0.611. The van der Waals surface area contributed by atoms with Crippen LogP contribution >= 0.6 is 0 Å². The van der Waals surface area contributed by atoms with E-state index in [0.717, 1.165) is 18.8 Å². The van der Waals surface area contributed by atoms with Crippen molar-refractivity contribution in [2.24, 2.45) is 0 Å². The number of rotatable bonds is 6. The summed E-state index contributed by atoms with van der Waals surface area (Å²) in [4.78, 5) is 16.6. The number of hydrogen-bond acceptors (Lipinski definition) is 5. The summed E-state index contributed by atoms with van der Waals surface area (Å²) < 4.78 is 29.7. The Hall–Kier alpha value is -1.60. The number of piperazine rings is 1. The van der Waals surface area contributed by atoms with E-state index in [9.17, 15) is 13.2 Å². The van der Waals surface area contributed by atoms with Crippen molar-refractivity contribution in [1.29, 1.82) is 0 Å². The van der Waals surface area contributed by atoms with Crippen LogP contribution in [-0.2, 0) is 14.6 Å². The zero-order chi connectivity index (χ0) is 17.9. The molecule has 3 rings (SSSR count). The maximum atomic E-state index is 12.6. The Labute approximate surface area is 149 Å². The van der Waals surface area contributed by atoms with E-state index in [1.807, 2.05) is 37.3 Å². The summed E-state index contributed by atoms with van der Waals surface area (Å²) >= 11 is 0. The number of ether oxygens (including phenoxy) is 1. The SMILES string of the molecule is CCN1CCN(C(=O)CCCOc2ccccc2)[C@@H]2CS(=O)(=O)C[C@@H]21. The molecule has 0 spiro atoms. The van der Waals surface area contributed by atoms with Crippen LogP contribution in [0.25, 0.3) is 0 Å². The molecule has 0 aliphatic carbocycles. The molecule has 2 atom stereocenters. The van der Waals surface area contributed by atoms with Gasteiger partial charge in [-0.05, 0) is 25.1 Å². The van der Waals surface area contributed by atoms with E-state index in [1.54, 1.807) is 4.90 Å². The van der Waals surface area contributed by atoms with E-state index in [4.69, 9.17) is 4.74 Å². The lowest BCUT2D eigenvalue weighted by Crippen LogP contribution is -2.60. The third-order valence-corrected chi connectivity index (χ3v) is 6.76. The quantitative estimate of drug-likeness (QED) is 0.707. The number of likely N-dealkylation sites (N-methyl/N-ethyl adjacent to an activating group) is 1. The molecule has 2 aliphatic rings. The van der Waals surface area contributed by atoms with Crippen LogP contribution in [-0.4, -0.2) is 74.0 Å². The van der Waals surface area contributed by atoms with E-state index >= 15 is 0 Å². The van der Waals surface area contributed by atoms with Crippen LogP contribution in [0, 0.1) is 0 Å². The van der Waals surface area contributed by atoms with Gasteiger partial charge in [0.25, 0.3) is 0 Å². The molecule has 0 bridgehead atoms. The van der Waals surface area contributed by atoms with Gasteiger partial charge < -0.3 is 9.64 Å². The minimum Gasteiger partial charge on any atom is -0.494 e. The number of hydrogen-bond donors (Lipinski definition) is 0. The van der Waals surface area contributed by atoms with E-state index in [-0.39, 0.29) is 29.5 Å². The Morgan fingerprint density at radius 2 is 1.88 bits per heavy atom. The van der Waals surface area contributed by atoms with Gasteiger partial charge >= 0.3 is 0 Å². The molecule has 0 radical (unpaired) electrons. The summed E-state index contributed by atoms with van der Waals surface area (Å²) in [5.41, 5.74) is 0. The number of para-hydroxylation sites is 1. The molecule has 0 aromatic heterocycles. The van der Waals surface area contributed by atoms with Crippen LogP contribution in [0.1, 0.15) is 19.8 Å². The van der Waals surface area contributed by atoms with Crippen LogP contribution in [0.5, 0.6) is 5.75 Å². The Bertz CT molecular complexity index is 692. The van der Waals surface area contributed by atoms with Gasteiger partial charge in [0.05, 0.1) is 24.2 Å². The summed E-state index contributed by atoms with van der Waals surface area (Å²) in [6.45, 7) is 4.71. The number of amides is 1. The van der Waals surface area contributed by atoms with Gasteiger partial charge in [0.1, 0.15) is 5.75 Å². The number of carbonyl (C=O) groups excluding carboxylic acids is 1. The fourth-order valence-electron chi connectivity index (χ4n) is 3.80. The Morgan fingerprint density at radius 1 is 1.16 bits per heavy atom. The summed E-state index contributed by atoms with van der Waals surface area (Å²) in [6, 6.07) is 9.29. The first-order chi connectivity index (χ1) is 12.0. The van der Waals surface area contributed by atoms with Crippen molar-refractivity contribution in [2.45, 2.75) is 31.8 Å². The molecule has 25 heavy (non-hydrogen) atoms. The van der Waals surface area contributed by atoms with Gasteiger partial charge in [-0.15, -0.1) is 0 Å².